The van der Waals surface area contributed by atoms with Gasteiger partial charge in [0.1, 0.15) is 6.04 Å². The third kappa shape index (κ3) is 4.91. The molecule has 40 heavy (non-hydrogen) atoms. The minimum Gasteiger partial charge on any atom is -0.493 e. The van der Waals surface area contributed by atoms with Crippen LogP contribution in [-0.4, -0.2) is 56.1 Å². The number of methoxy groups -OCH3 is 3. The summed E-state index contributed by atoms with van der Waals surface area (Å²) in [7, 11) is 8.65. The van der Waals surface area contributed by atoms with Crippen LogP contribution in [0.5, 0.6) is 17.2 Å². The van der Waals surface area contributed by atoms with Crippen LogP contribution in [0.4, 0.5) is 17.3 Å². The lowest BCUT2D eigenvalue weighted by molar-refractivity contribution is -0.113. The number of hydrogen-bond acceptors (Lipinski definition) is 8. The summed E-state index contributed by atoms with van der Waals surface area (Å²) in [5.74, 6) is 2.17. The van der Waals surface area contributed by atoms with Crippen LogP contribution in [0, 0.1) is 0 Å². The van der Waals surface area contributed by atoms with Crippen molar-refractivity contribution >= 4 is 23.2 Å². The second-order valence-corrected chi connectivity index (χ2v) is 9.49. The molecule has 10 heteroatoms. The van der Waals surface area contributed by atoms with E-state index in [1.807, 2.05) is 92.6 Å². The molecule has 1 aromatic heterocycles. The number of anilines is 3. The van der Waals surface area contributed by atoms with E-state index in [2.05, 4.69) is 10.6 Å². The van der Waals surface area contributed by atoms with Gasteiger partial charge in [-0.1, -0.05) is 18.2 Å². The number of nitrogens with one attached hydrogen (secondary N) is 2. The number of amides is 1. The Morgan fingerprint density at radius 2 is 1.60 bits per heavy atom. The average molecular weight is 541 g/mol. The molecule has 206 valence electrons. The zero-order chi connectivity index (χ0) is 28.4. The highest BCUT2D eigenvalue weighted by atomic mass is 16.5. The molecule has 0 fully saturated rings. The Kier molecular flexibility index (Phi) is 7.33. The molecule has 2 heterocycles. The summed E-state index contributed by atoms with van der Waals surface area (Å²) in [5.41, 5.74) is 4.45. The molecule has 0 aliphatic carbocycles. The molecule has 5 rings (SSSR count). The molecule has 1 atom stereocenters. The number of aromatic nitrogens is 3. The maximum atomic E-state index is 13.8. The summed E-state index contributed by atoms with van der Waals surface area (Å²) in [5, 5.41) is 11.2. The molecule has 0 saturated heterocycles. The first-order valence-electron chi connectivity index (χ1n) is 12.7. The summed E-state index contributed by atoms with van der Waals surface area (Å²) < 4.78 is 18.5. The number of ether oxygens (including phenoxy) is 3. The predicted octanol–water partition coefficient (Wildman–Crippen LogP) is 4.96. The highest BCUT2D eigenvalue weighted by molar-refractivity contribution is 6.06. The number of rotatable bonds is 8. The first-order valence-corrected chi connectivity index (χ1v) is 12.7. The van der Waals surface area contributed by atoms with Crippen LogP contribution in [0.1, 0.15) is 18.5 Å². The van der Waals surface area contributed by atoms with E-state index in [9.17, 15) is 4.79 Å². The molecule has 0 spiro atoms. The SMILES string of the molecule is COc1cc(C2C(C(=O)Nc3ccccc3)=C(C)Nc3nc(-c4ccc(N(C)C)cc4)nn32)cc(OC)c1OC. The van der Waals surface area contributed by atoms with Gasteiger partial charge in [-0.3, -0.25) is 4.79 Å². The van der Waals surface area contributed by atoms with Gasteiger partial charge in [0, 0.05) is 36.7 Å². The summed E-state index contributed by atoms with van der Waals surface area (Å²) in [4.78, 5) is 20.6. The molecule has 0 saturated carbocycles. The molecule has 3 aromatic carbocycles. The van der Waals surface area contributed by atoms with E-state index >= 15 is 0 Å². The highest BCUT2D eigenvalue weighted by Gasteiger charge is 2.36. The zero-order valence-corrected chi connectivity index (χ0v) is 23.4. The van der Waals surface area contributed by atoms with Crippen LogP contribution in [0.3, 0.4) is 0 Å². The van der Waals surface area contributed by atoms with Crippen molar-refractivity contribution < 1.29 is 19.0 Å². The van der Waals surface area contributed by atoms with E-state index in [1.54, 1.807) is 26.0 Å². The largest absolute Gasteiger partial charge is 0.493 e. The minimum atomic E-state index is -0.643. The molecule has 0 radical (unpaired) electrons. The molecular formula is C30H32N6O4. The molecule has 10 nitrogen and oxygen atoms in total. The molecule has 1 amide bonds. The Morgan fingerprint density at radius 1 is 0.950 bits per heavy atom. The van der Waals surface area contributed by atoms with Crippen LogP contribution in [0.15, 0.2) is 78.0 Å². The molecule has 1 unspecified atom stereocenters. The van der Waals surface area contributed by atoms with Crippen LogP contribution >= 0.6 is 0 Å². The zero-order valence-electron chi connectivity index (χ0n) is 23.4. The number of para-hydroxylation sites is 1. The topological polar surface area (TPSA) is 103 Å². The third-order valence-electron chi connectivity index (χ3n) is 6.77. The fourth-order valence-corrected chi connectivity index (χ4v) is 4.76. The summed E-state index contributed by atoms with van der Waals surface area (Å²) in [6.07, 6.45) is 0. The van der Waals surface area contributed by atoms with E-state index < -0.39 is 6.04 Å². The van der Waals surface area contributed by atoms with Gasteiger partial charge in [0.05, 0.1) is 26.9 Å². The molecule has 1 aliphatic heterocycles. The second kappa shape index (κ2) is 11.0. The molecule has 0 bridgehead atoms. The number of fused-ring (bicyclic) bond motifs is 1. The Hall–Kier alpha value is -4.99. The van der Waals surface area contributed by atoms with Gasteiger partial charge in [-0.2, -0.15) is 4.98 Å². The van der Waals surface area contributed by atoms with Crippen LogP contribution < -0.4 is 29.7 Å². The quantitative estimate of drug-likeness (QED) is 0.323. The minimum absolute atomic E-state index is 0.270. The van der Waals surface area contributed by atoms with Gasteiger partial charge in [-0.15, -0.1) is 5.10 Å². The van der Waals surface area contributed by atoms with Crippen molar-refractivity contribution in [3.8, 4) is 28.6 Å². The second-order valence-electron chi connectivity index (χ2n) is 9.49. The van der Waals surface area contributed by atoms with Gasteiger partial charge in [0.15, 0.2) is 17.3 Å². The number of nitrogens with zero attached hydrogens (tertiary/aromatic N) is 4. The lowest BCUT2D eigenvalue weighted by Gasteiger charge is -2.29. The molecule has 2 N–H and O–H groups in total. The normalized spacial score (nSPS) is 14.2. The van der Waals surface area contributed by atoms with Crippen molar-refractivity contribution in [2.45, 2.75) is 13.0 Å². The van der Waals surface area contributed by atoms with Crippen molar-refractivity contribution in [3.05, 3.63) is 83.6 Å². The fourth-order valence-electron chi connectivity index (χ4n) is 4.76. The predicted molar refractivity (Wildman–Crippen MR) is 155 cm³/mol. The van der Waals surface area contributed by atoms with Crippen LogP contribution in [0.25, 0.3) is 11.4 Å². The monoisotopic (exact) mass is 540 g/mol. The summed E-state index contributed by atoms with van der Waals surface area (Å²) >= 11 is 0. The number of hydrogen-bond donors (Lipinski definition) is 2. The Morgan fingerprint density at radius 3 is 2.17 bits per heavy atom. The first-order chi connectivity index (χ1) is 19.3. The van der Waals surface area contributed by atoms with Crippen molar-refractivity contribution in [1.82, 2.24) is 14.8 Å². The third-order valence-corrected chi connectivity index (χ3v) is 6.77. The maximum Gasteiger partial charge on any atom is 0.255 e. The number of carbonyl (C=O) groups excluding carboxylic acids is 1. The van der Waals surface area contributed by atoms with Gasteiger partial charge in [0.25, 0.3) is 5.91 Å². The van der Waals surface area contributed by atoms with Crippen LogP contribution in [0.2, 0.25) is 0 Å². The van der Waals surface area contributed by atoms with Crippen molar-refractivity contribution in [2.24, 2.45) is 0 Å². The lowest BCUT2D eigenvalue weighted by Crippen LogP contribution is -2.31. The average Bonchev–Trinajstić information content (AvgIpc) is 3.39. The van der Waals surface area contributed by atoms with Crippen molar-refractivity contribution in [1.29, 1.82) is 0 Å². The summed E-state index contributed by atoms with van der Waals surface area (Å²) in [6, 6.07) is 20.3. The summed E-state index contributed by atoms with van der Waals surface area (Å²) in [6.45, 7) is 1.86. The number of allylic oxidation sites excluding steroid dienone is 1. The standard InChI is InChI=1S/C30H32N6O4/c1-18-25(29(37)32-21-10-8-7-9-11-21)26(20-16-23(38-4)27(40-6)24(17-20)39-5)36-30(31-18)33-28(34-36)19-12-14-22(15-13-19)35(2)3/h7-17,26H,1-6H3,(H,32,37)(H,31,33,34). The van der Waals surface area contributed by atoms with E-state index in [4.69, 9.17) is 24.3 Å². The maximum absolute atomic E-state index is 13.8. The van der Waals surface area contributed by atoms with E-state index in [1.165, 1.54) is 0 Å². The van der Waals surface area contributed by atoms with Gasteiger partial charge in [-0.05, 0) is 61.0 Å². The van der Waals surface area contributed by atoms with Crippen molar-refractivity contribution in [2.75, 3.05) is 51.0 Å². The Labute approximate surface area is 233 Å². The molecular weight excluding hydrogens is 508 g/mol. The number of carbonyl (C=O) groups is 1. The smallest absolute Gasteiger partial charge is 0.255 e. The van der Waals surface area contributed by atoms with E-state index in [-0.39, 0.29) is 5.91 Å². The lowest BCUT2D eigenvalue weighted by atomic mass is 9.94. The highest BCUT2D eigenvalue weighted by Crippen LogP contribution is 2.44. The van der Waals surface area contributed by atoms with Crippen molar-refractivity contribution in [3.63, 3.8) is 0 Å². The first kappa shape index (κ1) is 26.6. The van der Waals surface area contributed by atoms with Crippen LogP contribution in [-0.2, 0) is 4.79 Å². The molecule has 1 aliphatic rings. The van der Waals surface area contributed by atoms with Gasteiger partial charge in [-0.25, -0.2) is 4.68 Å². The Balaban J connectivity index is 1.65. The van der Waals surface area contributed by atoms with E-state index in [0.29, 0.717) is 51.5 Å². The van der Waals surface area contributed by atoms with Gasteiger partial charge in [0.2, 0.25) is 11.7 Å². The Bertz CT molecular complexity index is 1540. The molecule has 4 aromatic rings. The fraction of sp³-hybridized carbons (Fsp3) is 0.233. The van der Waals surface area contributed by atoms with E-state index in [0.717, 1.165) is 11.3 Å². The number of benzene rings is 3. The van der Waals surface area contributed by atoms with Gasteiger partial charge < -0.3 is 29.7 Å². The van der Waals surface area contributed by atoms with Gasteiger partial charge >= 0.3 is 0 Å².